The van der Waals surface area contributed by atoms with Crippen molar-refractivity contribution in [1.82, 2.24) is 0 Å². The maximum Gasteiger partial charge on any atom is -0.00979 e. The van der Waals surface area contributed by atoms with E-state index in [1.54, 1.807) is 0 Å². The van der Waals surface area contributed by atoms with E-state index in [1.165, 1.54) is 51.4 Å². The number of hydrogen-bond acceptors (Lipinski definition) is 2. The van der Waals surface area contributed by atoms with Crippen molar-refractivity contribution in [3.05, 3.63) is 0 Å². The van der Waals surface area contributed by atoms with Gasteiger partial charge in [0.05, 0.1) is 0 Å². The van der Waals surface area contributed by atoms with Crippen LogP contribution in [0.5, 0.6) is 0 Å². The average molecular weight is 236 g/mol. The Balaban J connectivity index is 0. The van der Waals surface area contributed by atoms with Crippen molar-refractivity contribution in [3.8, 4) is 0 Å². The fraction of sp³-hybridized carbons (Fsp3) is 1.00. The van der Waals surface area contributed by atoms with E-state index >= 15 is 0 Å². The van der Waals surface area contributed by atoms with Gasteiger partial charge in [0.1, 0.15) is 0 Å². The molecule has 2 heteroatoms. The minimum atomic E-state index is 1.06. The largest absolute Gasteiger partial charge is 0.179 e. The van der Waals surface area contributed by atoms with Crippen molar-refractivity contribution >= 4 is 25.3 Å². The Morgan fingerprint density at radius 2 is 0.929 bits per heavy atom. The molecule has 0 bridgehead atoms. The summed E-state index contributed by atoms with van der Waals surface area (Å²) in [4.78, 5) is 0. The molecule has 0 aromatic heterocycles. The number of rotatable bonds is 8. The van der Waals surface area contributed by atoms with Crippen LogP contribution in [0.25, 0.3) is 0 Å². The Labute approximate surface area is 102 Å². The zero-order chi connectivity index (χ0) is 11.1. The molecular formula is C12H28S2. The molecule has 14 heavy (non-hydrogen) atoms. The third-order valence-corrected chi connectivity index (χ3v) is 2.66. The summed E-state index contributed by atoms with van der Waals surface area (Å²) in [6.45, 7) is 4.44. The summed E-state index contributed by atoms with van der Waals surface area (Å²) in [6.07, 6.45) is 10.7. The predicted octanol–water partition coefficient (Wildman–Crippen LogP) is 4.99. The minimum absolute atomic E-state index is 1.06. The lowest BCUT2D eigenvalue weighted by molar-refractivity contribution is 0.707. The van der Waals surface area contributed by atoms with E-state index in [-0.39, 0.29) is 0 Å². The van der Waals surface area contributed by atoms with Crippen LogP contribution in [0.3, 0.4) is 0 Å². The molecule has 0 heterocycles. The maximum absolute atomic E-state index is 4.09. The molecule has 88 valence electrons. The quantitative estimate of drug-likeness (QED) is 0.430. The van der Waals surface area contributed by atoms with Gasteiger partial charge in [-0.25, -0.2) is 0 Å². The molecule has 0 aliphatic rings. The molecule has 0 aliphatic carbocycles. The highest BCUT2D eigenvalue weighted by atomic mass is 32.1. The molecule has 0 unspecified atom stereocenters. The lowest BCUT2D eigenvalue weighted by Gasteiger charge is -1.90. The van der Waals surface area contributed by atoms with Crippen molar-refractivity contribution < 1.29 is 0 Å². The molecule has 0 aromatic rings. The molecule has 0 amide bonds. The van der Waals surface area contributed by atoms with Gasteiger partial charge in [0.25, 0.3) is 0 Å². The summed E-state index contributed by atoms with van der Waals surface area (Å²) in [5.74, 6) is 2.11. The molecule has 0 nitrogen and oxygen atoms in total. The summed E-state index contributed by atoms with van der Waals surface area (Å²) in [6, 6.07) is 0. The lowest BCUT2D eigenvalue weighted by atomic mass is 10.2. The molecule has 0 aliphatic heterocycles. The van der Waals surface area contributed by atoms with Crippen LogP contribution in [0.1, 0.15) is 65.2 Å². The van der Waals surface area contributed by atoms with E-state index in [0.29, 0.717) is 0 Å². The normalized spacial score (nSPS) is 9.43. The fourth-order valence-corrected chi connectivity index (χ4v) is 1.52. The Kier molecular flexibility index (Phi) is 23.6. The molecule has 0 fully saturated rings. The van der Waals surface area contributed by atoms with Gasteiger partial charge >= 0.3 is 0 Å². The standard InChI is InChI=1S/2C6H14S/c2*1-2-3-4-5-6-7/h2*7H,2-6H2,1H3. The average Bonchev–Trinajstić information content (AvgIpc) is 2.21. The number of unbranched alkanes of at least 4 members (excludes halogenated alkanes) is 6. The van der Waals surface area contributed by atoms with E-state index in [2.05, 4.69) is 39.1 Å². The second kappa shape index (κ2) is 19.3. The van der Waals surface area contributed by atoms with Crippen molar-refractivity contribution in [2.75, 3.05) is 11.5 Å². The molecule has 0 radical (unpaired) electrons. The number of thiol groups is 2. The third kappa shape index (κ3) is 23.0. The molecule has 0 N–H and O–H groups in total. The highest BCUT2D eigenvalue weighted by Gasteiger charge is 1.81. The lowest BCUT2D eigenvalue weighted by Crippen LogP contribution is -1.74. The highest BCUT2D eigenvalue weighted by Crippen LogP contribution is 1.99. The first-order chi connectivity index (χ1) is 6.83. The Morgan fingerprint density at radius 3 is 1.14 bits per heavy atom. The van der Waals surface area contributed by atoms with Gasteiger partial charge in [-0.1, -0.05) is 52.4 Å². The van der Waals surface area contributed by atoms with Crippen LogP contribution >= 0.6 is 25.3 Å². The van der Waals surface area contributed by atoms with Gasteiger partial charge in [0.15, 0.2) is 0 Å². The zero-order valence-electron chi connectivity index (χ0n) is 9.97. The van der Waals surface area contributed by atoms with E-state index < -0.39 is 0 Å². The molecule has 0 atom stereocenters. The molecular weight excluding hydrogens is 208 g/mol. The van der Waals surface area contributed by atoms with E-state index in [1.807, 2.05) is 0 Å². The van der Waals surface area contributed by atoms with Crippen LogP contribution in [0.4, 0.5) is 0 Å². The molecule has 0 saturated carbocycles. The third-order valence-electron chi connectivity index (χ3n) is 2.02. The summed E-state index contributed by atoms with van der Waals surface area (Å²) >= 11 is 8.19. The van der Waals surface area contributed by atoms with Crippen LogP contribution in [-0.2, 0) is 0 Å². The summed E-state index contributed by atoms with van der Waals surface area (Å²) < 4.78 is 0. The summed E-state index contributed by atoms with van der Waals surface area (Å²) in [5.41, 5.74) is 0. The van der Waals surface area contributed by atoms with E-state index in [9.17, 15) is 0 Å². The van der Waals surface area contributed by atoms with Crippen LogP contribution in [0, 0.1) is 0 Å². The Morgan fingerprint density at radius 1 is 0.571 bits per heavy atom. The minimum Gasteiger partial charge on any atom is -0.179 e. The predicted molar refractivity (Wildman–Crippen MR) is 76.0 cm³/mol. The highest BCUT2D eigenvalue weighted by molar-refractivity contribution is 7.80. The Hall–Kier alpha value is 0.700. The van der Waals surface area contributed by atoms with E-state index in [4.69, 9.17) is 0 Å². The van der Waals surface area contributed by atoms with Gasteiger partial charge in [-0.3, -0.25) is 0 Å². The van der Waals surface area contributed by atoms with Gasteiger partial charge < -0.3 is 0 Å². The van der Waals surface area contributed by atoms with Crippen molar-refractivity contribution in [2.24, 2.45) is 0 Å². The maximum atomic E-state index is 4.09. The van der Waals surface area contributed by atoms with Crippen LogP contribution in [-0.4, -0.2) is 11.5 Å². The van der Waals surface area contributed by atoms with Gasteiger partial charge in [-0.15, -0.1) is 0 Å². The topological polar surface area (TPSA) is 0 Å². The van der Waals surface area contributed by atoms with Gasteiger partial charge in [-0.2, -0.15) is 25.3 Å². The Bertz CT molecular complexity index is 56.7. The van der Waals surface area contributed by atoms with Crippen molar-refractivity contribution in [2.45, 2.75) is 65.2 Å². The fourth-order valence-electron chi connectivity index (χ4n) is 1.08. The van der Waals surface area contributed by atoms with Gasteiger partial charge in [0.2, 0.25) is 0 Å². The van der Waals surface area contributed by atoms with Crippen LogP contribution in [0.2, 0.25) is 0 Å². The SMILES string of the molecule is CCCCCCS.CCCCCCS. The first-order valence-corrected chi connectivity index (χ1v) is 7.31. The van der Waals surface area contributed by atoms with Gasteiger partial charge in [0, 0.05) is 0 Å². The van der Waals surface area contributed by atoms with Gasteiger partial charge in [-0.05, 0) is 24.3 Å². The summed E-state index contributed by atoms with van der Waals surface area (Å²) in [5, 5.41) is 0. The molecule has 0 saturated heterocycles. The first-order valence-electron chi connectivity index (χ1n) is 6.05. The second-order valence-electron chi connectivity index (χ2n) is 3.57. The smallest absolute Gasteiger partial charge is 0.00979 e. The van der Waals surface area contributed by atoms with Crippen molar-refractivity contribution in [3.63, 3.8) is 0 Å². The second-order valence-corrected chi connectivity index (χ2v) is 4.46. The van der Waals surface area contributed by atoms with Crippen LogP contribution in [0.15, 0.2) is 0 Å². The molecule has 0 spiro atoms. The molecule has 0 aromatic carbocycles. The first kappa shape index (κ1) is 17.1. The van der Waals surface area contributed by atoms with E-state index in [0.717, 1.165) is 11.5 Å². The summed E-state index contributed by atoms with van der Waals surface area (Å²) in [7, 11) is 0. The van der Waals surface area contributed by atoms with Crippen molar-refractivity contribution in [1.29, 1.82) is 0 Å². The monoisotopic (exact) mass is 236 g/mol. The van der Waals surface area contributed by atoms with Crippen LogP contribution < -0.4 is 0 Å². The zero-order valence-corrected chi connectivity index (χ0v) is 11.8. The molecule has 0 rings (SSSR count). The number of hydrogen-bond donors (Lipinski definition) is 2.